The summed E-state index contributed by atoms with van der Waals surface area (Å²) in [5.74, 6) is 0.431. The lowest BCUT2D eigenvalue weighted by Gasteiger charge is -2.10. The zero-order valence-electron chi connectivity index (χ0n) is 18.9. The molecular weight excluding hydrogens is 514 g/mol. The summed E-state index contributed by atoms with van der Waals surface area (Å²) in [5.41, 5.74) is 1.67. The monoisotopic (exact) mass is 533 g/mol. The van der Waals surface area contributed by atoms with E-state index in [1.54, 1.807) is 61.5 Å². The van der Waals surface area contributed by atoms with Crippen molar-refractivity contribution in [1.29, 1.82) is 0 Å². The Morgan fingerprint density at radius 1 is 1.00 bits per heavy atom. The Morgan fingerprint density at radius 2 is 1.75 bits per heavy atom. The van der Waals surface area contributed by atoms with Crippen molar-refractivity contribution in [3.8, 4) is 5.75 Å². The van der Waals surface area contributed by atoms with Gasteiger partial charge in [-0.05, 0) is 60.5 Å². The van der Waals surface area contributed by atoms with Crippen LogP contribution in [0.25, 0.3) is 0 Å². The highest BCUT2D eigenvalue weighted by molar-refractivity contribution is 6.35. The number of nitrogens with zero attached hydrogens (tertiary/aromatic N) is 2. The van der Waals surface area contributed by atoms with Crippen LogP contribution >= 0.6 is 23.2 Å². The lowest BCUT2D eigenvalue weighted by atomic mass is 10.1. The second kappa shape index (κ2) is 10.6. The molecule has 0 aliphatic rings. The van der Waals surface area contributed by atoms with Gasteiger partial charge < -0.3 is 10.1 Å². The van der Waals surface area contributed by atoms with Crippen molar-refractivity contribution in [3.05, 3.63) is 111 Å². The maximum absolute atomic E-state index is 13.0. The van der Waals surface area contributed by atoms with Gasteiger partial charge >= 0.3 is 6.18 Å². The number of hydrogen-bond donors (Lipinski definition) is 1. The summed E-state index contributed by atoms with van der Waals surface area (Å²) in [7, 11) is 0. The lowest BCUT2D eigenvalue weighted by Crippen LogP contribution is -2.13. The number of ether oxygens (including phenoxy) is 1. The molecule has 0 spiro atoms. The molecule has 10 heteroatoms. The molecule has 0 saturated heterocycles. The van der Waals surface area contributed by atoms with Gasteiger partial charge in [0.05, 0.1) is 17.1 Å². The summed E-state index contributed by atoms with van der Waals surface area (Å²) in [6.45, 7) is 2.15. The summed E-state index contributed by atoms with van der Waals surface area (Å²) in [4.78, 5) is 12.7. The summed E-state index contributed by atoms with van der Waals surface area (Å²) in [5, 5.41) is 7.95. The van der Waals surface area contributed by atoms with Crippen LogP contribution in [0, 0.1) is 6.92 Å². The summed E-state index contributed by atoms with van der Waals surface area (Å²) in [6.07, 6.45) is -4.42. The number of rotatable bonds is 7. The average Bonchev–Trinajstić information content (AvgIpc) is 3.16. The van der Waals surface area contributed by atoms with Gasteiger partial charge in [0.2, 0.25) is 0 Å². The van der Waals surface area contributed by atoms with Crippen molar-refractivity contribution < 1.29 is 22.7 Å². The number of nitrogens with one attached hydrogen (secondary N) is 1. The highest BCUT2D eigenvalue weighted by Crippen LogP contribution is 2.30. The Bertz CT molecular complexity index is 1390. The molecule has 0 aliphatic heterocycles. The molecule has 1 heterocycles. The predicted molar refractivity (Wildman–Crippen MR) is 133 cm³/mol. The number of benzene rings is 3. The van der Waals surface area contributed by atoms with Gasteiger partial charge in [-0.2, -0.15) is 18.3 Å². The van der Waals surface area contributed by atoms with E-state index in [-0.39, 0.29) is 19.1 Å². The minimum Gasteiger partial charge on any atom is -0.487 e. The molecule has 1 amide bonds. The van der Waals surface area contributed by atoms with E-state index in [9.17, 15) is 18.0 Å². The van der Waals surface area contributed by atoms with Gasteiger partial charge in [0.25, 0.3) is 5.91 Å². The fourth-order valence-electron chi connectivity index (χ4n) is 3.44. The van der Waals surface area contributed by atoms with Crippen molar-refractivity contribution in [2.45, 2.75) is 26.3 Å². The molecule has 3 aromatic carbocycles. The highest BCUT2D eigenvalue weighted by Gasteiger charge is 2.30. The third-order valence-corrected chi connectivity index (χ3v) is 5.84. The number of carbonyl (C=O) groups is 1. The fourth-order valence-corrected chi connectivity index (χ4v) is 3.91. The van der Waals surface area contributed by atoms with Gasteiger partial charge in [-0.15, -0.1) is 0 Å². The van der Waals surface area contributed by atoms with Gasteiger partial charge in [0.15, 0.2) is 5.82 Å². The number of amides is 1. The molecule has 0 bridgehead atoms. The van der Waals surface area contributed by atoms with Crippen LogP contribution in [-0.4, -0.2) is 15.7 Å². The van der Waals surface area contributed by atoms with E-state index in [0.29, 0.717) is 38.4 Å². The number of aromatic nitrogens is 2. The number of alkyl halides is 3. The first kappa shape index (κ1) is 25.6. The van der Waals surface area contributed by atoms with E-state index in [1.165, 1.54) is 10.7 Å². The zero-order valence-corrected chi connectivity index (χ0v) is 20.5. The predicted octanol–water partition coefficient (Wildman–Crippen LogP) is 7.40. The van der Waals surface area contributed by atoms with Crippen molar-refractivity contribution >= 4 is 34.9 Å². The Morgan fingerprint density at radius 3 is 2.44 bits per heavy atom. The highest BCUT2D eigenvalue weighted by atomic mass is 35.5. The molecule has 4 rings (SSSR count). The first-order valence-corrected chi connectivity index (χ1v) is 11.5. The van der Waals surface area contributed by atoms with Gasteiger partial charge in [-0.1, -0.05) is 47.5 Å². The normalized spacial score (nSPS) is 11.4. The second-order valence-electron chi connectivity index (χ2n) is 8.04. The minimum atomic E-state index is -4.42. The Labute approximate surface area is 215 Å². The molecule has 5 nitrogen and oxygen atoms in total. The van der Waals surface area contributed by atoms with Crippen LogP contribution in [0.15, 0.2) is 72.8 Å². The Kier molecular flexibility index (Phi) is 7.56. The summed E-state index contributed by atoms with van der Waals surface area (Å²) in [6, 6.07) is 18.5. The third kappa shape index (κ3) is 6.38. The molecule has 4 aromatic rings. The van der Waals surface area contributed by atoms with Crippen LogP contribution in [0.2, 0.25) is 10.0 Å². The summed E-state index contributed by atoms with van der Waals surface area (Å²) >= 11 is 12.0. The van der Waals surface area contributed by atoms with Crippen LogP contribution in [-0.2, 0) is 19.3 Å². The third-order valence-electron chi connectivity index (χ3n) is 5.31. The van der Waals surface area contributed by atoms with Gasteiger partial charge in [0.1, 0.15) is 12.4 Å². The van der Waals surface area contributed by atoms with E-state index >= 15 is 0 Å². The molecule has 0 fully saturated rings. The van der Waals surface area contributed by atoms with Crippen molar-refractivity contribution in [3.63, 3.8) is 0 Å². The standard InChI is InChI=1S/C26H20Cl2F3N3O2/c1-16-11-24(33-34(16)14-18-3-2-4-20(12-18)26(29,30)31)32-25(35)19-7-5-17(6-8-19)15-36-23-10-9-21(27)13-22(23)28/h2-13H,14-15H2,1H3,(H,32,33,35). The number of aryl methyl sites for hydroxylation is 1. The van der Waals surface area contributed by atoms with Crippen molar-refractivity contribution in [2.24, 2.45) is 0 Å². The van der Waals surface area contributed by atoms with Gasteiger partial charge in [-0.25, -0.2) is 0 Å². The smallest absolute Gasteiger partial charge is 0.416 e. The molecule has 0 aliphatic carbocycles. The quantitative estimate of drug-likeness (QED) is 0.269. The Hall–Kier alpha value is -3.49. The first-order valence-electron chi connectivity index (χ1n) is 10.8. The van der Waals surface area contributed by atoms with Gasteiger partial charge in [-0.3, -0.25) is 9.48 Å². The van der Waals surface area contributed by atoms with Crippen LogP contribution in [0.3, 0.4) is 0 Å². The van der Waals surface area contributed by atoms with Crippen molar-refractivity contribution in [1.82, 2.24) is 9.78 Å². The minimum absolute atomic E-state index is 0.137. The average molecular weight is 534 g/mol. The topological polar surface area (TPSA) is 56.1 Å². The molecule has 1 aromatic heterocycles. The van der Waals surface area contributed by atoms with Crippen LogP contribution < -0.4 is 10.1 Å². The van der Waals surface area contributed by atoms with E-state index in [4.69, 9.17) is 27.9 Å². The molecule has 0 atom stereocenters. The van der Waals surface area contributed by atoms with Crippen LogP contribution in [0.1, 0.15) is 32.7 Å². The first-order chi connectivity index (χ1) is 17.1. The molecule has 0 saturated carbocycles. The maximum Gasteiger partial charge on any atom is 0.416 e. The zero-order chi connectivity index (χ0) is 25.9. The number of halogens is 5. The molecule has 186 valence electrons. The van der Waals surface area contributed by atoms with Crippen molar-refractivity contribution in [2.75, 3.05) is 5.32 Å². The molecule has 0 radical (unpaired) electrons. The molecule has 0 unspecified atom stereocenters. The van der Waals surface area contributed by atoms with Crippen LogP contribution in [0.4, 0.5) is 19.0 Å². The Balaban J connectivity index is 1.37. The van der Waals surface area contributed by atoms with E-state index in [2.05, 4.69) is 10.4 Å². The largest absolute Gasteiger partial charge is 0.487 e. The molecule has 36 heavy (non-hydrogen) atoms. The SMILES string of the molecule is Cc1cc(NC(=O)c2ccc(COc3ccc(Cl)cc3Cl)cc2)nn1Cc1cccc(C(F)(F)F)c1. The summed E-state index contributed by atoms with van der Waals surface area (Å²) < 4.78 is 46.2. The molecule has 1 N–H and O–H groups in total. The van der Waals surface area contributed by atoms with E-state index < -0.39 is 11.7 Å². The number of hydrogen-bond acceptors (Lipinski definition) is 3. The van der Waals surface area contributed by atoms with E-state index in [0.717, 1.165) is 17.7 Å². The second-order valence-corrected chi connectivity index (χ2v) is 8.88. The maximum atomic E-state index is 13.0. The van der Waals surface area contributed by atoms with Crippen LogP contribution in [0.5, 0.6) is 5.75 Å². The molecular formula is C26H20Cl2F3N3O2. The van der Waals surface area contributed by atoms with Gasteiger partial charge in [0, 0.05) is 22.3 Å². The number of carbonyl (C=O) groups excluding carboxylic acids is 1. The lowest BCUT2D eigenvalue weighted by molar-refractivity contribution is -0.137. The fraction of sp³-hybridized carbons (Fsp3) is 0.154. The van der Waals surface area contributed by atoms with E-state index in [1.807, 2.05) is 0 Å². The number of anilines is 1.